The van der Waals surface area contributed by atoms with Gasteiger partial charge in [0.2, 0.25) is 11.8 Å². The van der Waals surface area contributed by atoms with Crippen LogP contribution in [0.3, 0.4) is 0 Å². The van der Waals surface area contributed by atoms with E-state index in [0.29, 0.717) is 30.5 Å². The highest BCUT2D eigenvalue weighted by Gasteiger charge is 2.37. The zero-order valence-corrected chi connectivity index (χ0v) is 17.3. The molecule has 3 aliphatic rings. The van der Waals surface area contributed by atoms with E-state index in [-0.39, 0.29) is 11.8 Å². The molecule has 1 aromatic heterocycles. The first-order valence-electron chi connectivity index (χ1n) is 10.9. The van der Waals surface area contributed by atoms with E-state index in [2.05, 4.69) is 40.6 Å². The second kappa shape index (κ2) is 8.12. The number of pyridine rings is 1. The Hall–Kier alpha value is -3.25. The van der Waals surface area contributed by atoms with Gasteiger partial charge in [-0.1, -0.05) is 36.4 Å². The van der Waals surface area contributed by atoms with Crippen LogP contribution < -0.4 is 11.1 Å². The van der Waals surface area contributed by atoms with Crippen LogP contribution in [-0.2, 0) is 16.0 Å². The largest absolute Gasteiger partial charge is 0.338 e. The first kappa shape index (κ1) is 19.7. The van der Waals surface area contributed by atoms with Crippen molar-refractivity contribution in [3.05, 3.63) is 71.4 Å². The summed E-state index contributed by atoms with van der Waals surface area (Å²) in [4.78, 5) is 30.9. The molecule has 1 fully saturated rings. The van der Waals surface area contributed by atoms with E-state index in [4.69, 9.17) is 5.73 Å². The van der Waals surface area contributed by atoms with E-state index in [1.807, 2.05) is 23.1 Å². The molecule has 0 saturated carbocycles. The zero-order valence-electron chi connectivity index (χ0n) is 17.3. The molecule has 3 heterocycles. The fourth-order valence-corrected chi connectivity index (χ4v) is 4.80. The van der Waals surface area contributed by atoms with Crippen LogP contribution in [0.5, 0.6) is 0 Å². The molecule has 0 radical (unpaired) electrons. The van der Waals surface area contributed by atoms with E-state index < -0.39 is 6.04 Å². The first-order valence-corrected chi connectivity index (χ1v) is 10.9. The number of carbonyl (C=O) groups excluding carboxylic acids is 2. The Kier molecular flexibility index (Phi) is 5.16. The van der Waals surface area contributed by atoms with Gasteiger partial charge in [0.1, 0.15) is 5.82 Å². The number of amides is 2. The smallest absolute Gasteiger partial charge is 0.246 e. The maximum absolute atomic E-state index is 12.8. The molecule has 6 nitrogen and oxygen atoms in total. The summed E-state index contributed by atoms with van der Waals surface area (Å²) >= 11 is 0. The van der Waals surface area contributed by atoms with Crippen molar-refractivity contribution in [2.75, 3.05) is 18.4 Å². The molecule has 2 aromatic rings. The van der Waals surface area contributed by atoms with Crippen molar-refractivity contribution in [2.24, 2.45) is 17.6 Å². The number of nitrogens with zero attached hydrogens (tertiary/aromatic N) is 2. The topological polar surface area (TPSA) is 88.3 Å². The van der Waals surface area contributed by atoms with E-state index in [1.54, 1.807) is 12.3 Å². The predicted molar refractivity (Wildman–Crippen MR) is 121 cm³/mol. The molecule has 1 aromatic carbocycles. The standard InChI is InChI=1S/C25H26N4O2/c26-22-8-7-18-10-16(13-27-24(18)28-25(22)31)6-9-23(30)29-14-20-11-19(12-21(20)15-29)17-4-2-1-3-5-17/h1-6,9-11,13,20-22H,7-8,12,14-15,26H2,(H,27,28,31)/b9-6+. The Balaban J connectivity index is 1.23. The minimum absolute atomic E-state index is 0.0364. The lowest BCUT2D eigenvalue weighted by atomic mass is 9.98. The third-order valence-corrected chi connectivity index (χ3v) is 6.55. The highest BCUT2D eigenvalue weighted by atomic mass is 16.2. The second-order valence-corrected chi connectivity index (χ2v) is 8.67. The second-order valence-electron chi connectivity index (χ2n) is 8.67. The molecule has 3 N–H and O–H groups in total. The molecular formula is C25H26N4O2. The number of fused-ring (bicyclic) bond motifs is 2. The van der Waals surface area contributed by atoms with Crippen molar-refractivity contribution in [1.82, 2.24) is 9.88 Å². The summed E-state index contributed by atoms with van der Waals surface area (Å²) in [7, 11) is 0. The van der Waals surface area contributed by atoms with Gasteiger partial charge in [-0.3, -0.25) is 9.59 Å². The number of allylic oxidation sites excluding steroid dienone is 1. The molecule has 31 heavy (non-hydrogen) atoms. The summed E-state index contributed by atoms with van der Waals surface area (Å²) in [6.45, 7) is 1.57. The van der Waals surface area contributed by atoms with Gasteiger partial charge in [0.15, 0.2) is 0 Å². The van der Waals surface area contributed by atoms with Gasteiger partial charge in [-0.2, -0.15) is 0 Å². The van der Waals surface area contributed by atoms with Crippen LogP contribution in [0.4, 0.5) is 5.82 Å². The third kappa shape index (κ3) is 4.03. The van der Waals surface area contributed by atoms with Gasteiger partial charge in [-0.05, 0) is 65.5 Å². The van der Waals surface area contributed by atoms with Gasteiger partial charge in [-0.25, -0.2) is 4.98 Å². The van der Waals surface area contributed by atoms with Crippen LogP contribution >= 0.6 is 0 Å². The summed E-state index contributed by atoms with van der Waals surface area (Å²) in [6, 6.07) is 12.0. The molecule has 1 aliphatic carbocycles. The van der Waals surface area contributed by atoms with Crippen molar-refractivity contribution >= 4 is 29.3 Å². The van der Waals surface area contributed by atoms with Gasteiger partial charge >= 0.3 is 0 Å². The predicted octanol–water partition coefficient (Wildman–Crippen LogP) is 2.87. The van der Waals surface area contributed by atoms with Crippen LogP contribution in [-0.4, -0.2) is 40.8 Å². The lowest BCUT2D eigenvalue weighted by molar-refractivity contribution is -0.125. The molecule has 3 atom stereocenters. The molecule has 1 saturated heterocycles. The summed E-state index contributed by atoms with van der Waals surface area (Å²) in [5.74, 6) is 1.35. The van der Waals surface area contributed by atoms with E-state index >= 15 is 0 Å². The Bertz CT molecular complexity index is 1080. The highest BCUT2D eigenvalue weighted by Crippen LogP contribution is 2.40. The Morgan fingerprint density at radius 1 is 1.23 bits per heavy atom. The van der Waals surface area contributed by atoms with Gasteiger partial charge in [0, 0.05) is 25.4 Å². The SMILES string of the molecule is NC1CCc2cc(/C=C/C(=O)N3CC4C=C(c5ccccc5)CC4C3)cnc2NC1=O. The molecule has 0 spiro atoms. The van der Waals surface area contributed by atoms with E-state index in [0.717, 1.165) is 30.6 Å². The molecule has 158 valence electrons. The number of aromatic nitrogens is 1. The first-order chi connectivity index (χ1) is 15.1. The molecule has 2 amide bonds. The van der Waals surface area contributed by atoms with Gasteiger partial charge in [0.25, 0.3) is 0 Å². The number of anilines is 1. The Morgan fingerprint density at radius 3 is 2.87 bits per heavy atom. The monoisotopic (exact) mass is 414 g/mol. The number of nitrogens with two attached hydrogens (primary N) is 1. The number of hydrogen-bond acceptors (Lipinski definition) is 4. The molecule has 3 unspecified atom stereocenters. The normalized spacial score (nSPS) is 25.1. The number of carbonyl (C=O) groups is 2. The van der Waals surface area contributed by atoms with Crippen LogP contribution in [0.15, 0.2) is 54.7 Å². The average Bonchev–Trinajstić information content (AvgIpc) is 3.33. The lowest BCUT2D eigenvalue weighted by Crippen LogP contribution is -2.34. The lowest BCUT2D eigenvalue weighted by Gasteiger charge is -2.15. The Labute approximate surface area is 181 Å². The summed E-state index contributed by atoms with van der Waals surface area (Å²) in [5.41, 5.74) is 10.3. The quantitative estimate of drug-likeness (QED) is 0.756. The highest BCUT2D eigenvalue weighted by molar-refractivity contribution is 5.95. The molecule has 2 aliphatic heterocycles. The summed E-state index contributed by atoms with van der Waals surface area (Å²) in [5, 5.41) is 2.77. The van der Waals surface area contributed by atoms with Crippen molar-refractivity contribution in [3.8, 4) is 0 Å². The maximum Gasteiger partial charge on any atom is 0.246 e. The van der Waals surface area contributed by atoms with Gasteiger partial charge < -0.3 is 16.0 Å². The average molecular weight is 415 g/mol. The van der Waals surface area contributed by atoms with Crippen LogP contribution in [0, 0.1) is 11.8 Å². The number of nitrogens with one attached hydrogen (secondary N) is 1. The van der Waals surface area contributed by atoms with E-state index in [9.17, 15) is 9.59 Å². The Morgan fingerprint density at radius 2 is 2.06 bits per heavy atom. The molecule has 5 rings (SSSR count). The maximum atomic E-state index is 12.8. The van der Waals surface area contributed by atoms with Crippen molar-refractivity contribution < 1.29 is 9.59 Å². The zero-order chi connectivity index (χ0) is 21.4. The number of likely N-dealkylation sites (tertiary alicyclic amines) is 1. The van der Waals surface area contributed by atoms with Crippen molar-refractivity contribution in [3.63, 3.8) is 0 Å². The van der Waals surface area contributed by atoms with Crippen molar-refractivity contribution in [2.45, 2.75) is 25.3 Å². The van der Waals surface area contributed by atoms with Gasteiger partial charge in [-0.15, -0.1) is 0 Å². The van der Waals surface area contributed by atoms with E-state index in [1.165, 1.54) is 11.1 Å². The minimum Gasteiger partial charge on any atom is -0.338 e. The fraction of sp³-hybridized carbons (Fsp3) is 0.320. The number of hydrogen-bond donors (Lipinski definition) is 2. The van der Waals surface area contributed by atoms with Crippen molar-refractivity contribution in [1.29, 1.82) is 0 Å². The number of aryl methyl sites for hydroxylation is 1. The summed E-state index contributed by atoms with van der Waals surface area (Å²) in [6.07, 6.45) is 9.77. The minimum atomic E-state index is -0.513. The fourth-order valence-electron chi connectivity index (χ4n) is 4.80. The van der Waals surface area contributed by atoms with Gasteiger partial charge in [0.05, 0.1) is 6.04 Å². The summed E-state index contributed by atoms with van der Waals surface area (Å²) < 4.78 is 0. The third-order valence-electron chi connectivity index (χ3n) is 6.55. The van der Waals surface area contributed by atoms with Crippen LogP contribution in [0.2, 0.25) is 0 Å². The molecule has 0 bridgehead atoms. The molecular weight excluding hydrogens is 388 g/mol. The van der Waals surface area contributed by atoms with Crippen LogP contribution in [0.1, 0.15) is 29.5 Å². The number of benzene rings is 1. The van der Waals surface area contributed by atoms with Crippen LogP contribution in [0.25, 0.3) is 11.6 Å². The number of rotatable bonds is 3. The molecule has 6 heteroatoms.